The lowest BCUT2D eigenvalue weighted by Gasteiger charge is -2.08. The lowest BCUT2D eigenvalue weighted by atomic mass is 10.0. The summed E-state index contributed by atoms with van der Waals surface area (Å²) < 4.78 is 1.64. The number of para-hydroxylation sites is 1. The second-order valence-electron chi connectivity index (χ2n) is 4.17. The van der Waals surface area contributed by atoms with E-state index in [4.69, 9.17) is 11.5 Å². The van der Waals surface area contributed by atoms with Crippen LogP contribution in [0.3, 0.4) is 0 Å². The van der Waals surface area contributed by atoms with Crippen LogP contribution in [0.1, 0.15) is 29.7 Å². The number of nitrogens with zero attached hydrogens (tertiary/aromatic N) is 1. The molecule has 4 N–H and O–H groups in total. The Kier molecular flexibility index (Phi) is 4.90. The van der Waals surface area contributed by atoms with E-state index >= 15 is 0 Å². The molecule has 0 bridgehead atoms. The van der Waals surface area contributed by atoms with Crippen LogP contribution in [0.5, 0.6) is 0 Å². The maximum absolute atomic E-state index is 11.6. The molecule has 0 aliphatic heterocycles. The number of carbonyl (C=O) groups is 1. The van der Waals surface area contributed by atoms with Crippen molar-refractivity contribution in [3.63, 3.8) is 0 Å². The smallest absolute Gasteiger partial charge is 0.227 e. The first-order chi connectivity index (χ1) is 8.15. The number of rotatable bonds is 3. The lowest BCUT2D eigenvalue weighted by molar-refractivity contribution is 0.0941. The van der Waals surface area contributed by atoms with Crippen LogP contribution >= 0.6 is 12.4 Å². The molecule has 0 aliphatic rings. The lowest BCUT2D eigenvalue weighted by Crippen LogP contribution is -2.15. The molecule has 5 heteroatoms. The summed E-state index contributed by atoms with van der Waals surface area (Å²) in [6.45, 7) is 2.09. The zero-order valence-corrected chi connectivity index (χ0v) is 11.1. The minimum atomic E-state index is -0.120. The van der Waals surface area contributed by atoms with Crippen molar-refractivity contribution in [3.8, 4) is 0 Å². The topological polar surface area (TPSA) is 74.0 Å². The summed E-state index contributed by atoms with van der Waals surface area (Å²) in [6, 6.07) is 7.66. The Morgan fingerprint density at radius 2 is 2.06 bits per heavy atom. The van der Waals surface area contributed by atoms with Crippen molar-refractivity contribution in [1.82, 2.24) is 4.57 Å². The maximum Gasteiger partial charge on any atom is 0.227 e. The Morgan fingerprint density at radius 1 is 1.39 bits per heavy atom. The van der Waals surface area contributed by atoms with Crippen molar-refractivity contribution in [3.05, 3.63) is 36.0 Å². The highest BCUT2D eigenvalue weighted by Gasteiger charge is 2.15. The average Bonchev–Trinajstić information content (AvgIpc) is 2.69. The highest BCUT2D eigenvalue weighted by molar-refractivity contribution is 5.93. The summed E-state index contributed by atoms with van der Waals surface area (Å²) in [5.74, 6) is -0.00704. The molecule has 0 unspecified atom stereocenters. The molecule has 0 saturated carbocycles. The van der Waals surface area contributed by atoms with Gasteiger partial charge < -0.3 is 11.5 Å². The van der Waals surface area contributed by atoms with Gasteiger partial charge in [-0.25, -0.2) is 0 Å². The monoisotopic (exact) mass is 267 g/mol. The fourth-order valence-electron chi connectivity index (χ4n) is 2.10. The fraction of sp³-hybridized carbons (Fsp3) is 0.308. The highest BCUT2D eigenvalue weighted by Crippen LogP contribution is 2.26. The van der Waals surface area contributed by atoms with Gasteiger partial charge in [-0.1, -0.05) is 18.2 Å². The number of fused-ring (bicyclic) bond motifs is 1. The van der Waals surface area contributed by atoms with Crippen LogP contribution in [0.4, 0.5) is 0 Å². The molecular formula is C13H18ClN3O. The Morgan fingerprint density at radius 3 is 2.67 bits per heavy atom. The van der Waals surface area contributed by atoms with Crippen LogP contribution in [0.2, 0.25) is 0 Å². The Bertz CT molecular complexity index is 550. The molecule has 0 aliphatic carbocycles. The van der Waals surface area contributed by atoms with Gasteiger partial charge in [0, 0.05) is 24.5 Å². The van der Waals surface area contributed by atoms with E-state index < -0.39 is 0 Å². The van der Waals surface area contributed by atoms with Gasteiger partial charge in [0.05, 0.1) is 5.52 Å². The van der Waals surface area contributed by atoms with Gasteiger partial charge in [-0.3, -0.25) is 9.36 Å². The largest absolute Gasteiger partial charge is 0.330 e. The zero-order valence-electron chi connectivity index (χ0n) is 10.3. The van der Waals surface area contributed by atoms with Crippen LogP contribution in [0.25, 0.3) is 10.9 Å². The minimum absolute atomic E-state index is 0. The van der Waals surface area contributed by atoms with E-state index in [0.29, 0.717) is 13.0 Å². The number of nitrogens with two attached hydrogens (primary N) is 2. The van der Waals surface area contributed by atoms with Crippen molar-refractivity contribution < 1.29 is 4.79 Å². The van der Waals surface area contributed by atoms with E-state index in [1.807, 2.05) is 30.5 Å². The van der Waals surface area contributed by atoms with Gasteiger partial charge in [0.15, 0.2) is 0 Å². The third kappa shape index (κ3) is 2.56. The van der Waals surface area contributed by atoms with Crippen LogP contribution in [-0.2, 0) is 0 Å². The van der Waals surface area contributed by atoms with E-state index in [1.54, 1.807) is 11.5 Å². The van der Waals surface area contributed by atoms with Crippen molar-refractivity contribution in [2.24, 2.45) is 11.5 Å². The van der Waals surface area contributed by atoms with Gasteiger partial charge in [-0.15, -0.1) is 12.4 Å². The molecule has 4 nitrogen and oxygen atoms in total. The zero-order chi connectivity index (χ0) is 12.4. The van der Waals surface area contributed by atoms with Crippen molar-refractivity contribution in [2.45, 2.75) is 19.4 Å². The standard InChI is InChI=1S/C13H17N3O.ClH/c1-9(17)16-8-11(12(15)6-7-14)10-4-2-3-5-13(10)16;/h2-5,8,12H,6-7,14-15H2,1H3;1H/t12-;/m0./s1. The van der Waals surface area contributed by atoms with E-state index in [0.717, 1.165) is 16.5 Å². The molecule has 18 heavy (non-hydrogen) atoms. The number of benzene rings is 1. The molecule has 0 amide bonds. The fourth-order valence-corrected chi connectivity index (χ4v) is 2.10. The first kappa shape index (κ1) is 14.7. The summed E-state index contributed by atoms with van der Waals surface area (Å²) in [6.07, 6.45) is 2.54. The molecule has 1 aromatic carbocycles. The quantitative estimate of drug-likeness (QED) is 0.894. The third-order valence-electron chi connectivity index (χ3n) is 2.96. The van der Waals surface area contributed by atoms with Crippen LogP contribution in [0.15, 0.2) is 30.5 Å². The number of carbonyl (C=O) groups excluding carboxylic acids is 1. The molecule has 2 aromatic rings. The first-order valence-electron chi connectivity index (χ1n) is 5.71. The summed E-state index contributed by atoms with van der Waals surface area (Å²) in [5.41, 5.74) is 13.5. The van der Waals surface area contributed by atoms with Gasteiger partial charge in [-0.05, 0) is 24.6 Å². The number of halogens is 1. The van der Waals surface area contributed by atoms with Crippen molar-refractivity contribution >= 4 is 29.2 Å². The van der Waals surface area contributed by atoms with E-state index in [2.05, 4.69) is 0 Å². The molecule has 0 spiro atoms. The van der Waals surface area contributed by atoms with Gasteiger partial charge in [0.25, 0.3) is 0 Å². The highest BCUT2D eigenvalue weighted by atomic mass is 35.5. The van der Waals surface area contributed by atoms with E-state index in [-0.39, 0.29) is 24.4 Å². The molecule has 98 valence electrons. The second-order valence-corrected chi connectivity index (χ2v) is 4.17. The van der Waals surface area contributed by atoms with Crippen molar-refractivity contribution in [1.29, 1.82) is 0 Å². The Labute approximate surface area is 112 Å². The molecule has 1 aromatic heterocycles. The summed E-state index contributed by atoms with van der Waals surface area (Å²) in [4.78, 5) is 11.6. The molecule has 2 rings (SSSR count). The van der Waals surface area contributed by atoms with Gasteiger partial charge >= 0.3 is 0 Å². The normalized spacial score (nSPS) is 12.2. The molecule has 0 radical (unpaired) electrons. The summed E-state index contributed by atoms with van der Waals surface area (Å²) >= 11 is 0. The Hall–Kier alpha value is -1.36. The maximum atomic E-state index is 11.6. The SMILES string of the molecule is CC(=O)n1cc([C@@H](N)CCN)c2ccccc21.Cl. The van der Waals surface area contributed by atoms with E-state index in [1.165, 1.54) is 0 Å². The molecule has 1 heterocycles. The second kappa shape index (κ2) is 6.00. The predicted octanol–water partition coefficient (Wildman–Crippen LogP) is 2.07. The third-order valence-corrected chi connectivity index (χ3v) is 2.96. The van der Waals surface area contributed by atoms with Crippen LogP contribution < -0.4 is 11.5 Å². The van der Waals surface area contributed by atoms with Gasteiger partial charge in [-0.2, -0.15) is 0 Å². The van der Waals surface area contributed by atoms with Gasteiger partial charge in [0.2, 0.25) is 5.91 Å². The number of hydrogen-bond acceptors (Lipinski definition) is 3. The molecular weight excluding hydrogens is 250 g/mol. The average molecular weight is 268 g/mol. The number of aromatic nitrogens is 1. The Balaban J connectivity index is 0.00000162. The molecule has 1 atom stereocenters. The molecule has 0 saturated heterocycles. The summed E-state index contributed by atoms with van der Waals surface area (Å²) in [5, 5.41) is 1.03. The number of hydrogen-bond donors (Lipinski definition) is 2. The van der Waals surface area contributed by atoms with Crippen LogP contribution in [-0.4, -0.2) is 17.0 Å². The summed E-state index contributed by atoms with van der Waals surface area (Å²) in [7, 11) is 0. The van der Waals surface area contributed by atoms with Crippen LogP contribution in [0, 0.1) is 0 Å². The minimum Gasteiger partial charge on any atom is -0.330 e. The first-order valence-corrected chi connectivity index (χ1v) is 5.71. The molecule has 0 fully saturated rings. The predicted molar refractivity (Wildman–Crippen MR) is 76.1 cm³/mol. The van der Waals surface area contributed by atoms with Gasteiger partial charge in [0.1, 0.15) is 0 Å². The van der Waals surface area contributed by atoms with E-state index in [9.17, 15) is 4.79 Å². The van der Waals surface area contributed by atoms with Crippen molar-refractivity contribution in [2.75, 3.05) is 6.54 Å².